The van der Waals surface area contributed by atoms with Crippen LogP contribution in [0.2, 0.25) is 5.02 Å². The maximum Gasteiger partial charge on any atom is 0.0406 e. The molecule has 0 aromatic heterocycles. The van der Waals surface area contributed by atoms with Gasteiger partial charge in [0.05, 0.1) is 0 Å². The molecule has 3 rings (SSSR count). The highest BCUT2D eigenvalue weighted by Gasteiger charge is 2.18. The number of halogens is 1. The Bertz CT molecular complexity index is 592. The number of rotatable bonds is 5. The fourth-order valence-corrected chi connectivity index (χ4v) is 3.27. The van der Waals surface area contributed by atoms with Crippen LogP contribution in [0.5, 0.6) is 0 Å². The van der Waals surface area contributed by atoms with E-state index >= 15 is 0 Å². The highest BCUT2D eigenvalue weighted by molar-refractivity contribution is 6.30. The van der Waals surface area contributed by atoms with Gasteiger partial charge in [0.25, 0.3) is 0 Å². The van der Waals surface area contributed by atoms with Gasteiger partial charge in [-0.25, -0.2) is 0 Å². The summed E-state index contributed by atoms with van der Waals surface area (Å²) < 4.78 is 0. The third kappa shape index (κ3) is 4.71. The van der Waals surface area contributed by atoms with E-state index in [4.69, 9.17) is 17.3 Å². The fourth-order valence-electron chi connectivity index (χ4n) is 3.15. The van der Waals surface area contributed by atoms with Gasteiger partial charge in [-0.05, 0) is 36.2 Å². The Morgan fingerprint density at radius 3 is 2.22 bits per heavy atom. The van der Waals surface area contributed by atoms with Crippen LogP contribution in [0.1, 0.15) is 5.56 Å². The standard InChI is InChI=1S/C19H24ClN3/c20-17-8-6-16(7-9-17)14-18(21)15-22-10-12-23(13-11-22)19-4-2-1-3-5-19/h1-9,18H,10-15,21H2/t18-/m1/s1. The number of piperazine rings is 1. The SMILES string of the molecule is N[C@H](Cc1ccc(Cl)cc1)CN1CCN(c2ccccc2)CC1. The van der Waals surface area contributed by atoms with Crippen molar-refractivity contribution in [3.63, 3.8) is 0 Å². The predicted octanol–water partition coefficient (Wildman–Crippen LogP) is 3.03. The van der Waals surface area contributed by atoms with Gasteiger partial charge in [-0.15, -0.1) is 0 Å². The van der Waals surface area contributed by atoms with E-state index in [1.807, 2.05) is 12.1 Å². The molecule has 0 amide bonds. The van der Waals surface area contributed by atoms with Crippen molar-refractivity contribution >= 4 is 17.3 Å². The second-order valence-electron chi connectivity index (χ2n) is 6.21. The van der Waals surface area contributed by atoms with Crippen LogP contribution >= 0.6 is 11.6 Å². The van der Waals surface area contributed by atoms with Gasteiger partial charge in [0.2, 0.25) is 0 Å². The molecule has 23 heavy (non-hydrogen) atoms. The quantitative estimate of drug-likeness (QED) is 0.915. The average Bonchev–Trinajstić information content (AvgIpc) is 2.58. The topological polar surface area (TPSA) is 32.5 Å². The monoisotopic (exact) mass is 329 g/mol. The van der Waals surface area contributed by atoms with Crippen molar-refractivity contribution in [3.05, 3.63) is 65.2 Å². The molecule has 2 aromatic carbocycles. The summed E-state index contributed by atoms with van der Waals surface area (Å²) in [4.78, 5) is 4.92. The summed E-state index contributed by atoms with van der Waals surface area (Å²) in [6, 6.07) is 18.8. The van der Waals surface area contributed by atoms with Gasteiger partial charge in [-0.1, -0.05) is 41.9 Å². The molecule has 1 fully saturated rings. The second-order valence-corrected chi connectivity index (χ2v) is 6.65. The molecule has 2 N–H and O–H groups in total. The first-order valence-electron chi connectivity index (χ1n) is 8.23. The normalized spacial score (nSPS) is 17.2. The van der Waals surface area contributed by atoms with Crippen molar-refractivity contribution < 1.29 is 0 Å². The zero-order chi connectivity index (χ0) is 16.1. The molecule has 0 aliphatic carbocycles. The molecule has 0 bridgehead atoms. The molecular weight excluding hydrogens is 306 g/mol. The third-order valence-electron chi connectivity index (χ3n) is 4.40. The minimum absolute atomic E-state index is 0.166. The van der Waals surface area contributed by atoms with Crippen molar-refractivity contribution in [3.8, 4) is 0 Å². The molecule has 4 heteroatoms. The zero-order valence-corrected chi connectivity index (χ0v) is 14.1. The van der Waals surface area contributed by atoms with Crippen LogP contribution in [0.3, 0.4) is 0 Å². The van der Waals surface area contributed by atoms with Gasteiger partial charge in [-0.3, -0.25) is 4.90 Å². The first kappa shape index (κ1) is 16.3. The van der Waals surface area contributed by atoms with Gasteiger partial charge in [0.1, 0.15) is 0 Å². The van der Waals surface area contributed by atoms with Gasteiger partial charge >= 0.3 is 0 Å². The maximum absolute atomic E-state index is 6.33. The largest absolute Gasteiger partial charge is 0.369 e. The molecule has 1 atom stereocenters. The summed E-state index contributed by atoms with van der Waals surface area (Å²) >= 11 is 5.92. The van der Waals surface area contributed by atoms with E-state index < -0.39 is 0 Å². The first-order chi connectivity index (χ1) is 11.2. The molecule has 0 unspecified atom stereocenters. The van der Waals surface area contributed by atoms with Crippen LogP contribution in [0.25, 0.3) is 0 Å². The van der Waals surface area contributed by atoms with E-state index in [0.29, 0.717) is 0 Å². The highest BCUT2D eigenvalue weighted by atomic mass is 35.5. The summed E-state index contributed by atoms with van der Waals surface area (Å²) in [6.45, 7) is 5.23. The first-order valence-corrected chi connectivity index (χ1v) is 8.61. The summed E-state index contributed by atoms with van der Waals surface area (Å²) in [5.41, 5.74) is 8.90. The lowest BCUT2D eigenvalue weighted by atomic mass is 10.1. The molecule has 2 aromatic rings. The Labute approximate surface area is 143 Å². The molecule has 0 radical (unpaired) electrons. The number of hydrogen-bond donors (Lipinski definition) is 1. The average molecular weight is 330 g/mol. The van der Waals surface area contributed by atoms with Crippen molar-refractivity contribution in [2.24, 2.45) is 5.73 Å². The molecule has 3 nitrogen and oxygen atoms in total. The maximum atomic E-state index is 6.33. The van der Waals surface area contributed by atoms with Gasteiger partial charge < -0.3 is 10.6 Å². The number of benzene rings is 2. The molecule has 1 aliphatic rings. The molecule has 1 heterocycles. The summed E-state index contributed by atoms with van der Waals surface area (Å²) in [5.74, 6) is 0. The van der Waals surface area contributed by atoms with E-state index in [2.05, 4.69) is 52.3 Å². The van der Waals surface area contributed by atoms with E-state index in [9.17, 15) is 0 Å². The van der Waals surface area contributed by atoms with Gasteiger partial charge in [0, 0.05) is 49.5 Å². The van der Waals surface area contributed by atoms with Crippen LogP contribution in [0.4, 0.5) is 5.69 Å². The van der Waals surface area contributed by atoms with E-state index in [0.717, 1.165) is 44.2 Å². The Kier molecular flexibility index (Phi) is 5.55. The smallest absolute Gasteiger partial charge is 0.0406 e. The van der Waals surface area contributed by atoms with Crippen LogP contribution in [-0.2, 0) is 6.42 Å². The third-order valence-corrected chi connectivity index (χ3v) is 4.65. The lowest BCUT2D eigenvalue weighted by molar-refractivity contribution is 0.242. The van der Waals surface area contributed by atoms with Crippen LogP contribution in [0, 0.1) is 0 Å². The lowest BCUT2D eigenvalue weighted by Crippen LogP contribution is -2.50. The number of nitrogens with two attached hydrogens (primary N) is 1. The number of hydrogen-bond acceptors (Lipinski definition) is 3. The van der Waals surface area contributed by atoms with Crippen molar-refractivity contribution in [1.82, 2.24) is 4.90 Å². The Morgan fingerprint density at radius 2 is 1.57 bits per heavy atom. The number of para-hydroxylation sites is 1. The van der Waals surface area contributed by atoms with Crippen LogP contribution in [0.15, 0.2) is 54.6 Å². The number of nitrogens with zero attached hydrogens (tertiary/aromatic N) is 2. The van der Waals surface area contributed by atoms with E-state index in [1.165, 1.54) is 11.3 Å². The number of anilines is 1. The van der Waals surface area contributed by atoms with Crippen molar-refractivity contribution in [1.29, 1.82) is 0 Å². The molecule has 0 spiro atoms. The van der Waals surface area contributed by atoms with Crippen LogP contribution < -0.4 is 10.6 Å². The Balaban J connectivity index is 1.46. The van der Waals surface area contributed by atoms with Gasteiger partial charge in [-0.2, -0.15) is 0 Å². The molecule has 122 valence electrons. The van der Waals surface area contributed by atoms with E-state index in [-0.39, 0.29) is 6.04 Å². The molecular formula is C19H24ClN3. The molecule has 1 saturated heterocycles. The van der Waals surface area contributed by atoms with Crippen LogP contribution in [-0.4, -0.2) is 43.7 Å². The van der Waals surface area contributed by atoms with Gasteiger partial charge in [0.15, 0.2) is 0 Å². The van der Waals surface area contributed by atoms with E-state index in [1.54, 1.807) is 0 Å². The summed E-state index contributed by atoms with van der Waals surface area (Å²) in [7, 11) is 0. The van der Waals surface area contributed by atoms with Crippen molar-refractivity contribution in [2.75, 3.05) is 37.6 Å². The Hall–Kier alpha value is -1.55. The second kappa shape index (κ2) is 7.82. The minimum Gasteiger partial charge on any atom is -0.369 e. The predicted molar refractivity (Wildman–Crippen MR) is 98.2 cm³/mol. The lowest BCUT2D eigenvalue weighted by Gasteiger charge is -2.37. The zero-order valence-electron chi connectivity index (χ0n) is 13.4. The molecule has 1 aliphatic heterocycles. The Morgan fingerprint density at radius 1 is 0.913 bits per heavy atom. The molecule has 0 saturated carbocycles. The minimum atomic E-state index is 0.166. The highest BCUT2D eigenvalue weighted by Crippen LogP contribution is 2.16. The van der Waals surface area contributed by atoms with Crippen molar-refractivity contribution in [2.45, 2.75) is 12.5 Å². The summed E-state index contributed by atoms with van der Waals surface area (Å²) in [5, 5.41) is 0.777. The summed E-state index contributed by atoms with van der Waals surface area (Å²) in [6.07, 6.45) is 0.899. The fraction of sp³-hybridized carbons (Fsp3) is 0.368.